The van der Waals surface area contributed by atoms with Crippen LogP contribution in [0.1, 0.15) is 39.9 Å². The molecule has 0 aliphatic heterocycles. The Morgan fingerprint density at radius 2 is 2.10 bits per heavy atom. The molecule has 158 valence electrons. The molecule has 1 aliphatic carbocycles. The molecular formula is C22H17Cl2N3O2S2. The molecule has 1 aromatic carbocycles. The Kier molecular flexibility index (Phi) is 6.35. The number of rotatable bonds is 3. The third-order valence-electron chi connectivity index (χ3n) is 5.11. The molecule has 0 radical (unpaired) electrons. The molecule has 2 N–H and O–H groups in total. The van der Waals surface area contributed by atoms with Crippen molar-refractivity contribution in [3.8, 4) is 17.4 Å². The number of hydrogen-bond donors (Lipinski definition) is 2. The van der Waals surface area contributed by atoms with Gasteiger partial charge in [0.2, 0.25) is 0 Å². The molecule has 4 rings (SSSR count). The van der Waals surface area contributed by atoms with E-state index in [0.717, 1.165) is 24.8 Å². The summed E-state index contributed by atoms with van der Waals surface area (Å²) >= 11 is 18.8. The maximum atomic E-state index is 12.6. The zero-order chi connectivity index (χ0) is 22.1. The van der Waals surface area contributed by atoms with Crippen LogP contribution in [0.5, 0.6) is 0 Å². The fraction of sp³-hybridized carbons (Fsp3) is 0.227. The minimum Gasteiger partial charge on any atom is -0.451 e. The van der Waals surface area contributed by atoms with Gasteiger partial charge in [0.1, 0.15) is 16.8 Å². The van der Waals surface area contributed by atoms with E-state index in [9.17, 15) is 10.1 Å². The van der Waals surface area contributed by atoms with Crippen LogP contribution in [0, 0.1) is 17.2 Å². The fourth-order valence-corrected chi connectivity index (χ4v) is 5.44. The molecule has 1 aliphatic rings. The van der Waals surface area contributed by atoms with Crippen LogP contribution in [0.3, 0.4) is 0 Å². The van der Waals surface area contributed by atoms with Crippen LogP contribution in [-0.2, 0) is 12.8 Å². The molecule has 0 bridgehead atoms. The molecule has 0 spiro atoms. The molecule has 31 heavy (non-hydrogen) atoms. The summed E-state index contributed by atoms with van der Waals surface area (Å²) in [6.07, 6.45) is 2.92. The van der Waals surface area contributed by atoms with Crippen molar-refractivity contribution in [1.29, 1.82) is 5.26 Å². The lowest BCUT2D eigenvalue weighted by Gasteiger charge is -2.17. The Morgan fingerprint density at radius 1 is 1.29 bits per heavy atom. The minimum atomic E-state index is -0.489. The molecule has 0 saturated carbocycles. The summed E-state index contributed by atoms with van der Waals surface area (Å²) in [6, 6.07) is 10.6. The van der Waals surface area contributed by atoms with E-state index in [1.54, 1.807) is 30.3 Å². The highest BCUT2D eigenvalue weighted by atomic mass is 35.5. The van der Waals surface area contributed by atoms with E-state index in [4.69, 9.17) is 39.8 Å². The lowest BCUT2D eigenvalue weighted by atomic mass is 9.89. The molecule has 1 amide bonds. The molecule has 0 fully saturated rings. The number of fused-ring (bicyclic) bond motifs is 1. The van der Waals surface area contributed by atoms with Gasteiger partial charge in [-0.15, -0.1) is 11.3 Å². The summed E-state index contributed by atoms with van der Waals surface area (Å²) in [5, 5.41) is 16.8. The van der Waals surface area contributed by atoms with E-state index in [1.807, 2.05) is 0 Å². The van der Waals surface area contributed by atoms with Crippen LogP contribution in [-0.4, -0.2) is 11.0 Å². The number of nitriles is 1. The predicted molar refractivity (Wildman–Crippen MR) is 128 cm³/mol. The smallest absolute Gasteiger partial charge is 0.293 e. The normalized spacial score (nSPS) is 15.1. The average Bonchev–Trinajstić information content (AvgIpc) is 3.34. The van der Waals surface area contributed by atoms with Gasteiger partial charge in [-0.1, -0.05) is 30.1 Å². The highest BCUT2D eigenvalue weighted by molar-refractivity contribution is 7.80. The number of nitrogens with zero attached hydrogens (tertiary/aromatic N) is 1. The van der Waals surface area contributed by atoms with Crippen molar-refractivity contribution >= 4 is 62.8 Å². The van der Waals surface area contributed by atoms with Crippen LogP contribution in [0.4, 0.5) is 5.00 Å². The first-order valence-corrected chi connectivity index (χ1v) is 11.6. The summed E-state index contributed by atoms with van der Waals surface area (Å²) in [5.74, 6) is 0.692. The van der Waals surface area contributed by atoms with Gasteiger partial charge in [-0.3, -0.25) is 10.1 Å². The molecule has 2 aromatic heterocycles. The number of furan rings is 1. The van der Waals surface area contributed by atoms with E-state index < -0.39 is 5.91 Å². The van der Waals surface area contributed by atoms with E-state index >= 15 is 0 Å². The molecular weight excluding hydrogens is 473 g/mol. The number of amides is 1. The topological polar surface area (TPSA) is 78.1 Å². The number of carbonyl (C=O) groups is 1. The van der Waals surface area contributed by atoms with Crippen LogP contribution >= 0.6 is 46.8 Å². The quantitative estimate of drug-likeness (QED) is 0.413. The summed E-state index contributed by atoms with van der Waals surface area (Å²) in [5.41, 5.74) is 2.41. The highest BCUT2D eigenvalue weighted by Crippen LogP contribution is 2.39. The van der Waals surface area contributed by atoms with E-state index in [2.05, 4.69) is 23.6 Å². The zero-order valence-corrected chi connectivity index (χ0v) is 19.6. The number of thiophene rings is 1. The number of benzene rings is 1. The van der Waals surface area contributed by atoms with Crippen molar-refractivity contribution in [2.75, 3.05) is 5.32 Å². The lowest BCUT2D eigenvalue weighted by Crippen LogP contribution is -2.33. The number of anilines is 1. The zero-order valence-electron chi connectivity index (χ0n) is 16.4. The number of halogens is 2. The van der Waals surface area contributed by atoms with Gasteiger partial charge in [-0.25, -0.2) is 0 Å². The van der Waals surface area contributed by atoms with Crippen LogP contribution in [0.25, 0.3) is 11.3 Å². The van der Waals surface area contributed by atoms with Gasteiger partial charge in [0, 0.05) is 10.4 Å². The molecule has 0 saturated heterocycles. The molecule has 5 nitrogen and oxygen atoms in total. The fourth-order valence-electron chi connectivity index (χ4n) is 3.52. The molecule has 9 heteroatoms. The van der Waals surface area contributed by atoms with Gasteiger partial charge in [-0.05, 0) is 73.3 Å². The minimum absolute atomic E-state index is 0.102. The molecule has 3 aromatic rings. The van der Waals surface area contributed by atoms with Gasteiger partial charge in [0.15, 0.2) is 10.9 Å². The predicted octanol–water partition coefficient (Wildman–Crippen LogP) is 6.44. The maximum Gasteiger partial charge on any atom is 0.293 e. The van der Waals surface area contributed by atoms with Crippen molar-refractivity contribution in [2.45, 2.75) is 26.2 Å². The van der Waals surface area contributed by atoms with Crippen LogP contribution in [0.2, 0.25) is 10.0 Å². The van der Waals surface area contributed by atoms with Crippen molar-refractivity contribution in [2.24, 2.45) is 5.92 Å². The average molecular weight is 490 g/mol. The number of thiocarbonyl (C=S) groups is 1. The third-order valence-corrected chi connectivity index (χ3v) is 7.22. The first kappa shape index (κ1) is 21.8. The van der Waals surface area contributed by atoms with Gasteiger partial charge in [0.25, 0.3) is 5.91 Å². The van der Waals surface area contributed by atoms with Crippen molar-refractivity contribution in [3.05, 3.63) is 62.1 Å². The summed E-state index contributed by atoms with van der Waals surface area (Å²) < 4.78 is 5.65. The summed E-state index contributed by atoms with van der Waals surface area (Å²) in [6.45, 7) is 2.21. The van der Waals surface area contributed by atoms with Gasteiger partial charge < -0.3 is 9.73 Å². The number of hydrogen-bond acceptors (Lipinski definition) is 5. The van der Waals surface area contributed by atoms with Crippen molar-refractivity contribution in [1.82, 2.24) is 5.32 Å². The molecule has 0 unspecified atom stereocenters. The Balaban J connectivity index is 1.45. The monoisotopic (exact) mass is 489 g/mol. The number of carbonyl (C=O) groups excluding carboxylic acids is 1. The van der Waals surface area contributed by atoms with Gasteiger partial charge in [-0.2, -0.15) is 5.26 Å². The molecule has 1 atom stereocenters. The van der Waals surface area contributed by atoms with Crippen molar-refractivity contribution in [3.63, 3.8) is 0 Å². The van der Waals surface area contributed by atoms with E-state index in [1.165, 1.54) is 16.2 Å². The number of nitrogens with one attached hydrogen (secondary N) is 2. The maximum absolute atomic E-state index is 12.6. The van der Waals surface area contributed by atoms with E-state index in [0.29, 0.717) is 37.9 Å². The van der Waals surface area contributed by atoms with Crippen LogP contribution < -0.4 is 10.6 Å². The summed E-state index contributed by atoms with van der Waals surface area (Å²) in [4.78, 5) is 13.8. The second-order valence-electron chi connectivity index (χ2n) is 7.37. The standard InChI is InChI=1S/C22H17Cl2N3O2S2/c1-11-2-4-13-14(10-25)21(31-19(13)8-11)27-22(30)26-20(28)18-7-6-17(29-18)12-3-5-15(23)16(24)9-12/h3,5-7,9,11H,2,4,8H2,1H3,(H2,26,27,28,30)/t11-/m1/s1. The highest BCUT2D eigenvalue weighted by Gasteiger charge is 2.24. The SMILES string of the molecule is C[C@@H]1CCc2c(sc(NC(=S)NC(=O)c3ccc(-c4ccc(Cl)c(Cl)c4)o3)c2C#N)C1. The van der Waals surface area contributed by atoms with Gasteiger partial charge >= 0.3 is 0 Å². The second kappa shape index (κ2) is 9.01. The van der Waals surface area contributed by atoms with Crippen molar-refractivity contribution < 1.29 is 9.21 Å². The first-order chi connectivity index (χ1) is 14.9. The summed E-state index contributed by atoms with van der Waals surface area (Å²) in [7, 11) is 0. The van der Waals surface area contributed by atoms with Gasteiger partial charge in [0.05, 0.1) is 15.6 Å². The Labute approximate surface area is 199 Å². The first-order valence-electron chi connectivity index (χ1n) is 9.58. The Bertz CT molecular complexity index is 1230. The van der Waals surface area contributed by atoms with E-state index in [-0.39, 0.29) is 10.9 Å². The van der Waals surface area contributed by atoms with Crippen LogP contribution in [0.15, 0.2) is 34.7 Å². The Morgan fingerprint density at radius 3 is 2.84 bits per heavy atom. The largest absolute Gasteiger partial charge is 0.451 e. The Hall–Kier alpha value is -2.37. The molecule has 2 heterocycles. The third kappa shape index (κ3) is 4.63. The lowest BCUT2D eigenvalue weighted by molar-refractivity contribution is 0.0951. The second-order valence-corrected chi connectivity index (χ2v) is 9.70.